The van der Waals surface area contributed by atoms with Crippen molar-refractivity contribution in [2.45, 2.75) is 46.1 Å². The maximum Gasteiger partial charge on any atom is 0.260 e. The zero-order valence-electron chi connectivity index (χ0n) is 17.9. The summed E-state index contributed by atoms with van der Waals surface area (Å²) in [6.07, 6.45) is 6.35. The fourth-order valence-electron chi connectivity index (χ4n) is 4.38. The van der Waals surface area contributed by atoms with Crippen LogP contribution in [-0.4, -0.2) is 15.9 Å². The lowest BCUT2D eigenvalue weighted by Gasteiger charge is -2.21. The molecule has 0 saturated carbocycles. The van der Waals surface area contributed by atoms with E-state index < -0.39 is 0 Å². The minimum Gasteiger partial charge on any atom is -0.278 e. The maximum absolute atomic E-state index is 13.7. The van der Waals surface area contributed by atoms with Crippen LogP contribution in [0.1, 0.15) is 51.1 Å². The van der Waals surface area contributed by atoms with E-state index in [9.17, 15) is 4.79 Å². The summed E-state index contributed by atoms with van der Waals surface area (Å²) in [5, 5.41) is 0.720. The maximum atomic E-state index is 13.7. The van der Waals surface area contributed by atoms with Crippen molar-refractivity contribution in [3.8, 4) is 0 Å². The van der Waals surface area contributed by atoms with Gasteiger partial charge in [-0.15, -0.1) is 0 Å². The Labute approximate surface area is 186 Å². The minimum absolute atomic E-state index is 0.0209. The molecule has 0 radical (unpaired) electrons. The lowest BCUT2D eigenvalue weighted by atomic mass is 9.90. The molecule has 2 heterocycles. The predicted molar refractivity (Wildman–Crippen MR) is 127 cm³/mol. The summed E-state index contributed by atoms with van der Waals surface area (Å²) in [7, 11) is 0. The monoisotopic (exact) mass is 427 g/mol. The summed E-state index contributed by atoms with van der Waals surface area (Å²) in [6.45, 7) is 4.57. The van der Waals surface area contributed by atoms with Crippen LogP contribution in [0.2, 0.25) is 0 Å². The summed E-state index contributed by atoms with van der Waals surface area (Å²) in [4.78, 5) is 24.9. The Morgan fingerprint density at radius 1 is 1.03 bits per heavy atom. The van der Waals surface area contributed by atoms with Crippen molar-refractivity contribution in [3.63, 3.8) is 0 Å². The molecular formula is C26H25N3OS. The molecule has 2 aromatic carbocycles. The molecule has 1 aliphatic rings. The topological polar surface area (TPSA) is 46.1 Å². The normalized spacial score (nSPS) is 13.2. The number of pyridine rings is 1. The van der Waals surface area contributed by atoms with E-state index in [1.165, 1.54) is 29.5 Å². The van der Waals surface area contributed by atoms with Crippen molar-refractivity contribution in [2.24, 2.45) is 0 Å². The summed E-state index contributed by atoms with van der Waals surface area (Å²) < 4.78 is 1.11. The van der Waals surface area contributed by atoms with Gasteiger partial charge in [-0.25, -0.2) is 4.98 Å². The summed E-state index contributed by atoms with van der Waals surface area (Å²) in [5.74, 6) is -0.0209. The molecule has 5 heteroatoms. The Bertz CT molecular complexity index is 1260. The third-order valence-corrected chi connectivity index (χ3v) is 6.96. The number of hydrogen-bond acceptors (Lipinski definition) is 4. The van der Waals surface area contributed by atoms with E-state index in [0.717, 1.165) is 45.0 Å². The van der Waals surface area contributed by atoms with E-state index in [-0.39, 0.29) is 5.91 Å². The Balaban J connectivity index is 1.57. The van der Waals surface area contributed by atoms with Gasteiger partial charge in [0.25, 0.3) is 5.91 Å². The molecule has 2 aromatic heterocycles. The van der Waals surface area contributed by atoms with Crippen LogP contribution in [0.5, 0.6) is 0 Å². The van der Waals surface area contributed by atoms with Crippen LogP contribution < -0.4 is 4.90 Å². The number of benzene rings is 2. The van der Waals surface area contributed by atoms with Crippen LogP contribution in [0.4, 0.5) is 5.13 Å². The van der Waals surface area contributed by atoms with Crippen molar-refractivity contribution in [1.82, 2.24) is 9.97 Å². The summed E-state index contributed by atoms with van der Waals surface area (Å²) >= 11 is 1.57. The zero-order valence-corrected chi connectivity index (χ0v) is 18.7. The number of carbonyl (C=O) groups is 1. The van der Waals surface area contributed by atoms with Crippen molar-refractivity contribution < 1.29 is 4.79 Å². The molecule has 0 bridgehead atoms. The summed E-state index contributed by atoms with van der Waals surface area (Å²) in [6, 6.07) is 16.3. The van der Waals surface area contributed by atoms with Gasteiger partial charge in [-0.3, -0.25) is 14.7 Å². The van der Waals surface area contributed by atoms with Gasteiger partial charge >= 0.3 is 0 Å². The fraction of sp³-hybridized carbons (Fsp3) is 0.269. The lowest BCUT2D eigenvalue weighted by molar-refractivity contribution is 0.0984. The van der Waals surface area contributed by atoms with Crippen LogP contribution in [0.15, 0.2) is 54.7 Å². The Hall–Kier alpha value is -3.05. The van der Waals surface area contributed by atoms with Crippen LogP contribution >= 0.6 is 11.3 Å². The molecule has 1 aliphatic carbocycles. The SMILES string of the molecule is Cc1cc(C)c2nc(N(Cc3ccccn3)C(=O)c3ccc4c(c3)CCCC4)sc2c1. The van der Waals surface area contributed by atoms with Gasteiger partial charge in [-0.2, -0.15) is 0 Å². The van der Waals surface area contributed by atoms with Crippen molar-refractivity contribution in [2.75, 3.05) is 4.90 Å². The molecule has 0 spiro atoms. The van der Waals surface area contributed by atoms with E-state index in [1.807, 2.05) is 24.3 Å². The average Bonchev–Trinajstić information content (AvgIpc) is 3.21. The first-order valence-corrected chi connectivity index (χ1v) is 11.6. The molecule has 0 aliphatic heterocycles. The molecule has 0 fully saturated rings. The first kappa shape index (κ1) is 19.9. The molecule has 0 unspecified atom stereocenters. The van der Waals surface area contributed by atoms with E-state index >= 15 is 0 Å². The molecule has 1 amide bonds. The summed E-state index contributed by atoms with van der Waals surface area (Å²) in [5.41, 5.74) is 7.57. The second-order valence-corrected chi connectivity index (χ2v) is 9.34. The van der Waals surface area contributed by atoms with E-state index in [0.29, 0.717) is 6.54 Å². The van der Waals surface area contributed by atoms with Gasteiger partial charge < -0.3 is 0 Å². The van der Waals surface area contributed by atoms with Crippen LogP contribution in [-0.2, 0) is 19.4 Å². The van der Waals surface area contributed by atoms with Crippen LogP contribution in [0.3, 0.4) is 0 Å². The molecular weight excluding hydrogens is 402 g/mol. The Morgan fingerprint density at radius 3 is 2.68 bits per heavy atom. The largest absolute Gasteiger partial charge is 0.278 e. The molecule has 0 N–H and O–H groups in total. The predicted octanol–water partition coefficient (Wildman–Crippen LogP) is 6.03. The third-order valence-electron chi connectivity index (χ3n) is 5.94. The number of aromatic nitrogens is 2. The molecule has 0 saturated heterocycles. The molecule has 156 valence electrons. The standard InChI is InChI=1S/C26H25N3OS/c1-17-13-18(2)24-23(14-17)31-26(28-24)29(16-22-9-5-6-12-27-22)25(30)21-11-10-19-7-3-4-8-20(19)15-21/h5-6,9-15H,3-4,7-8,16H2,1-2H3. The number of anilines is 1. The van der Waals surface area contributed by atoms with Crippen molar-refractivity contribution >= 4 is 32.6 Å². The molecule has 4 nitrogen and oxygen atoms in total. The second-order valence-electron chi connectivity index (χ2n) is 8.33. The number of fused-ring (bicyclic) bond motifs is 2. The smallest absolute Gasteiger partial charge is 0.260 e. The number of hydrogen-bond donors (Lipinski definition) is 0. The molecule has 4 aromatic rings. The molecule has 0 atom stereocenters. The number of thiazole rings is 1. The third kappa shape index (κ3) is 3.98. The highest BCUT2D eigenvalue weighted by molar-refractivity contribution is 7.22. The van der Waals surface area contributed by atoms with Crippen LogP contribution in [0, 0.1) is 13.8 Å². The minimum atomic E-state index is -0.0209. The first-order chi connectivity index (χ1) is 15.1. The van der Waals surface area contributed by atoms with Gasteiger partial charge in [0.05, 0.1) is 22.5 Å². The number of rotatable bonds is 4. The van der Waals surface area contributed by atoms with Gasteiger partial charge in [0.15, 0.2) is 5.13 Å². The van der Waals surface area contributed by atoms with Gasteiger partial charge in [0.1, 0.15) is 0 Å². The molecule has 5 rings (SSSR count). The number of amides is 1. The molecule has 31 heavy (non-hydrogen) atoms. The van der Waals surface area contributed by atoms with Gasteiger partial charge in [0.2, 0.25) is 0 Å². The number of carbonyl (C=O) groups excluding carboxylic acids is 1. The number of aryl methyl sites for hydroxylation is 4. The highest BCUT2D eigenvalue weighted by Gasteiger charge is 2.24. The van der Waals surface area contributed by atoms with E-state index in [1.54, 1.807) is 22.4 Å². The van der Waals surface area contributed by atoms with Crippen molar-refractivity contribution in [3.05, 3.63) is 88.2 Å². The Kier molecular flexibility index (Phi) is 5.28. The van der Waals surface area contributed by atoms with E-state index in [4.69, 9.17) is 4.98 Å². The average molecular weight is 428 g/mol. The highest BCUT2D eigenvalue weighted by Crippen LogP contribution is 2.33. The van der Waals surface area contributed by atoms with Crippen molar-refractivity contribution in [1.29, 1.82) is 0 Å². The van der Waals surface area contributed by atoms with Gasteiger partial charge in [-0.05, 0) is 92.1 Å². The number of nitrogens with zero attached hydrogens (tertiary/aromatic N) is 3. The lowest BCUT2D eigenvalue weighted by Crippen LogP contribution is -2.31. The highest BCUT2D eigenvalue weighted by atomic mass is 32.1. The Morgan fingerprint density at radius 2 is 1.87 bits per heavy atom. The quantitative estimate of drug-likeness (QED) is 0.399. The first-order valence-electron chi connectivity index (χ1n) is 10.8. The zero-order chi connectivity index (χ0) is 21.4. The van der Waals surface area contributed by atoms with Crippen LogP contribution in [0.25, 0.3) is 10.2 Å². The van der Waals surface area contributed by atoms with E-state index in [2.05, 4.69) is 43.1 Å². The van der Waals surface area contributed by atoms with Gasteiger partial charge in [-0.1, -0.05) is 29.5 Å². The van der Waals surface area contributed by atoms with Gasteiger partial charge in [0, 0.05) is 11.8 Å². The fourth-order valence-corrected chi connectivity index (χ4v) is 5.52. The second kappa shape index (κ2) is 8.23.